The minimum atomic E-state index is -4.59. The van der Waals surface area contributed by atoms with Gasteiger partial charge in [0.05, 0.1) is 5.56 Å². The zero-order valence-electron chi connectivity index (χ0n) is 14.8. The third kappa shape index (κ3) is 5.18. The third-order valence-corrected chi connectivity index (χ3v) is 5.20. The summed E-state index contributed by atoms with van der Waals surface area (Å²) in [5.74, 6) is -0.236. The van der Waals surface area contributed by atoms with E-state index in [0.717, 1.165) is 5.56 Å². The molecule has 152 valence electrons. The highest BCUT2D eigenvalue weighted by Gasteiger charge is 2.31. The Labute approximate surface area is 169 Å². The number of benzene rings is 2. The van der Waals surface area contributed by atoms with Crippen molar-refractivity contribution >= 4 is 21.7 Å². The number of nitrogens with zero attached hydrogens (tertiary/aromatic N) is 1. The van der Waals surface area contributed by atoms with Gasteiger partial charge in [-0.1, -0.05) is 35.4 Å². The normalized spacial score (nSPS) is 11.9. The Morgan fingerprint density at radius 3 is 2.28 bits per heavy atom. The molecule has 0 aliphatic rings. The van der Waals surface area contributed by atoms with E-state index in [1.54, 1.807) is 12.1 Å². The van der Waals surface area contributed by atoms with Gasteiger partial charge in [0.15, 0.2) is 0 Å². The lowest BCUT2D eigenvalue weighted by Crippen LogP contribution is -2.09. The van der Waals surface area contributed by atoms with Gasteiger partial charge >= 0.3 is 16.3 Å². The highest BCUT2D eigenvalue weighted by molar-refractivity contribution is 7.87. The van der Waals surface area contributed by atoms with E-state index in [9.17, 15) is 21.6 Å². The summed E-state index contributed by atoms with van der Waals surface area (Å²) in [7, 11) is -4.07. The molecule has 0 saturated heterocycles. The van der Waals surface area contributed by atoms with Crippen LogP contribution in [-0.4, -0.2) is 13.4 Å². The van der Waals surface area contributed by atoms with Gasteiger partial charge in [0.1, 0.15) is 21.4 Å². The van der Waals surface area contributed by atoms with Gasteiger partial charge in [-0.25, -0.2) is 4.98 Å². The van der Waals surface area contributed by atoms with E-state index in [0.29, 0.717) is 12.3 Å². The second kappa shape index (κ2) is 7.92. The van der Waals surface area contributed by atoms with Crippen molar-refractivity contribution in [3.63, 3.8) is 0 Å². The van der Waals surface area contributed by atoms with Gasteiger partial charge in [-0.2, -0.15) is 21.6 Å². The van der Waals surface area contributed by atoms with Crippen molar-refractivity contribution in [2.75, 3.05) is 0 Å². The minimum absolute atomic E-state index is 0.0260. The summed E-state index contributed by atoms with van der Waals surface area (Å²) < 4.78 is 73.2. The number of pyridine rings is 1. The van der Waals surface area contributed by atoms with Crippen LogP contribution in [0.1, 0.15) is 11.1 Å². The Morgan fingerprint density at radius 2 is 1.66 bits per heavy atom. The van der Waals surface area contributed by atoms with Crippen LogP contribution >= 0.6 is 11.6 Å². The second-order valence-electron chi connectivity index (χ2n) is 5.94. The average Bonchev–Trinajstić information content (AvgIpc) is 2.63. The second-order valence-corrected chi connectivity index (χ2v) is 7.89. The first-order chi connectivity index (χ1) is 13.5. The van der Waals surface area contributed by atoms with Gasteiger partial charge in [-0.15, -0.1) is 0 Å². The standard InChI is InChI=1S/C19H13ClF3NO4S/c1-12-5-7-16(8-6-12)29(25,26)28-15-4-2-3-14(10-15)27-18-17(20)9-13(11-24-18)19(21,22)23/h2-11H,1H3. The Hall–Kier alpha value is -2.78. The van der Waals surface area contributed by atoms with Gasteiger partial charge in [-0.05, 0) is 37.3 Å². The molecule has 10 heteroatoms. The maximum Gasteiger partial charge on any atom is 0.417 e. The van der Waals surface area contributed by atoms with Crippen molar-refractivity contribution in [2.24, 2.45) is 0 Å². The summed E-state index contributed by atoms with van der Waals surface area (Å²) >= 11 is 5.81. The first-order valence-electron chi connectivity index (χ1n) is 8.06. The molecule has 2 aromatic carbocycles. The number of hydrogen-bond donors (Lipinski definition) is 0. The van der Waals surface area contributed by atoms with Gasteiger partial charge in [0.2, 0.25) is 5.88 Å². The van der Waals surface area contributed by atoms with Crippen molar-refractivity contribution in [1.29, 1.82) is 0 Å². The molecule has 0 aliphatic heterocycles. The largest absolute Gasteiger partial charge is 0.437 e. The summed E-state index contributed by atoms with van der Waals surface area (Å²) in [5.41, 5.74) is -0.128. The molecule has 1 aromatic heterocycles. The van der Waals surface area contributed by atoms with Gasteiger partial charge in [0.25, 0.3) is 0 Å². The number of aromatic nitrogens is 1. The molecule has 3 aromatic rings. The molecule has 0 spiro atoms. The Bertz CT molecular complexity index is 1130. The third-order valence-electron chi connectivity index (χ3n) is 3.67. The lowest BCUT2D eigenvalue weighted by atomic mass is 10.2. The Balaban J connectivity index is 1.80. The van der Waals surface area contributed by atoms with E-state index >= 15 is 0 Å². The molecule has 0 N–H and O–H groups in total. The van der Waals surface area contributed by atoms with E-state index in [4.69, 9.17) is 20.5 Å². The van der Waals surface area contributed by atoms with E-state index < -0.39 is 21.9 Å². The molecule has 0 saturated carbocycles. The molecule has 5 nitrogen and oxygen atoms in total. The predicted molar refractivity (Wildman–Crippen MR) is 99.8 cm³/mol. The minimum Gasteiger partial charge on any atom is -0.437 e. The number of aryl methyl sites for hydroxylation is 1. The number of alkyl halides is 3. The van der Waals surface area contributed by atoms with Crippen LogP contribution in [0.4, 0.5) is 13.2 Å². The summed E-state index contributed by atoms with van der Waals surface area (Å²) in [5, 5.41) is -0.349. The van der Waals surface area contributed by atoms with Crippen molar-refractivity contribution in [2.45, 2.75) is 18.0 Å². The van der Waals surface area contributed by atoms with Crippen LogP contribution < -0.4 is 8.92 Å². The zero-order valence-corrected chi connectivity index (χ0v) is 16.3. The predicted octanol–water partition coefficient (Wildman–Crippen LogP) is 5.62. The fourth-order valence-electron chi connectivity index (χ4n) is 2.24. The fourth-order valence-corrected chi connectivity index (χ4v) is 3.36. The summed E-state index contributed by atoms with van der Waals surface area (Å²) in [4.78, 5) is 3.54. The SMILES string of the molecule is Cc1ccc(S(=O)(=O)Oc2cccc(Oc3ncc(C(F)(F)F)cc3Cl)c2)cc1. The summed E-state index contributed by atoms with van der Waals surface area (Å²) in [6, 6.07) is 12.3. The number of halogens is 4. The smallest absolute Gasteiger partial charge is 0.417 e. The molecule has 0 atom stereocenters. The van der Waals surface area contributed by atoms with Crippen molar-refractivity contribution in [1.82, 2.24) is 4.98 Å². The Kier molecular flexibility index (Phi) is 5.72. The molecule has 1 heterocycles. The maximum absolute atomic E-state index is 12.7. The van der Waals surface area contributed by atoms with Crippen LogP contribution in [-0.2, 0) is 16.3 Å². The van der Waals surface area contributed by atoms with Crippen molar-refractivity contribution in [3.8, 4) is 17.4 Å². The van der Waals surface area contributed by atoms with Gasteiger partial charge in [0, 0.05) is 12.3 Å². The average molecular weight is 444 g/mol. The molecular weight excluding hydrogens is 431 g/mol. The van der Waals surface area contributed by atoms with E-state index in [2.05, 4.69) is 4.98 Å². The molecule has 0 aliphatic carbocycles. The van der Waals surface area contributed by atoms with E-state index in [1.165, 1.54) is 36.4 Å². The highest BCUT2D eigenvalue weighted by Crippen LogP contribution is 2.35. The monoisotopic (exact) mass is 443 g/mol. The molecule has 0 bridgehead atoms. The van der Waals surface area contributed by atoms with Gasteiger partial charge < -0.3 is 8.92 Å². The highest BCUT2D eigenvalue weighted by atomic mass is 35.5. The number of ether oxygens (including phenoxy) is 1. The van der Waals surface area contributed by atoms with Crippen molar-refractivity contribution in [3.05, 3.63) is 76.9 Å². The zero-order chi connectivity index (χ0) is 21.2. The lowest BCUT2D eigenvalue weighted by Gasteiger charge is -2.11. The molecule has 0 fully saturated rings. The molecule has 0 unspecified atom stereocenters. The van der Waals surface area contributed by atoms with Crippen LogP contribution in [0.5, 0.6) is 17.4 Å². The van der Waals surface area contributed by atoms with Gasteiger partial charge in [-0.3, -0.25) is 0 Å². The molecule has 29 heavy (non-hydrogen) atoms. The van der Waals surface area contributed by atoms with Crippen LogP contribution in [0, 0.1) is 6.92 Å². The number of rotatable bonds is 5. The summed E-state index contributed by atoms with van der Waals surface area (Å²) in [6.45, 7) is 1.82. The Morgan fingerprint density at radius 1 is 1.00 bits per heavy atom. The lowest BCUT2D eigenvalue weighted by molar-refractivity contribution is -0.137. The fraction of sp³-hybridized carbons (Fsp3) is 0.105. The van der Waals surface area contributed by atoms with Crippen LogP contribution in [0.15, 0.2) is 65.7 Å². The van der Waals surface area contributed by atoms with Crippen molar-refractivity contribution < 1.29 is 30.5 Å². The number of hydrogen-bond acceptors (Lipinski definition) is 5. The first kappa shape index (κ1) is 20.9. The topological polar surface area (TPSA) is 65.5 Å². The summed E-state index contributed by atoms with van der Waals surface area (Å²) in [6.07, 6.45) is -4.00. The van der Waals surface area contributed by atoms with E-state index in [-0.39, 0.29) is 27.3 Å². The quantitative estimate of drug-likeness (QED) is 0.479. The van der Waals surface area contributed by atoms with Crippen LogP contribution in [0.25, 0.3) is 0 Å². The van der Waals surface area contributed by atoms with Crippen LogP contribution in [0.3, 0.4) is 0 Å². The first-order valence-corrected chi connectivity index (χ1v) is 9.85. The molecule has 0 amide bonds. The maximum atomic E-state index is 12.7. The van der Waals surface area contributed by atoms with Crippen LogP contribution in [0.2, 0.25) is 5.02 Å². The molecular formula is C19H13ClF3NO4S. The van der Waals surface area contributed by atoms with E-state index in [1.807, 2.05) is 6.92 Å². The molecule has 0 radical (unpaired) electrons. The molecule has 3 rings (SSSR count).